The molecule has 0 aromatic rings. The van der Waals surface area contributed by atoms with Crippen LogP contribution in [0.5, 0.6) is 0 Å². The van der Waals surface area contributed by atoms with Crippen LogP contribution >= 0.6 is 0 Å². The average molecular weight is 236 g/mol. The first-order chi connectivity index (χ1) is 8.28. The SMILES string of the molecule is CCC1CN(C2CC3CCC2C3)C(C)CCN1. The molecular weight excluding hydrogens is 208 g/mol. The average Bonchev–Trinajstić information content (AvgIpc) is 2.90. The van der Waals surface area contributed by atoms with E-state index in [1.165, 1.54) is 51.6 Å². The van der Waals surface area contributed by atoms with Crippen molar-refractivity contribution in [3.8, 4) is 0 Å². The quantitative estimate of drug-likeness (QED) is 0.793. The van der Waals surface area contributed by atoms with Crippen LogP contribution in [0.1, 0.15) is 52.4 Å². The molecule has 1 N–H and O–H groups in total. The van der Waals surface area contributed by atoms with Gasteiger partial charge in [-0.1, -0.05) is 13.3 Å². The van der Waals surface area contributed by atoms with Crippen molar-refractivity contribution >= 4 is 0 Å². The molecule has 2 nitrogen and oxygen atoms in total. The molecule has 2 bridgehead atoms. The van der Waals surface area contributed by atoms with E-state index in [9.17, 15) is 0 Å². The molecule has 98 valence electrons. The van der Waals surface area contributed by atoms with E-state index in [1.807, 2.05) is 0 Å². The standard InChI is InChI=1S/C15H28N2/c1-3-14-10-17(11(2)6-7-16-14)15-9-12-4-5-13(15)8-12/h11-16H,3-10H2,1-2H3. The smallest absolute Gasteiger partial charge is 0.0192 e. The van der Waals surface area contributed by atoms with Crippen molar-refractivity contribution in [1.82, 2.24) is 10.2 Å². The van der Waals surface area contributed by atoms with Crippen molar-refractivity contribution in [3.05, 3.63) is 0 Å². The van der Waals surface area contributed by atoms with E-state index in [2.05, 4.69) is 24.1 Å². The van der Waals surface area contributed by atoms with Crippen LogP contribution in [0.2, 0.25) is 0 Å². The third kappa shape index (κ3) is 2.26. The number of rotatable bonds is 2. The summed E-state index contributed by atoms with van der Waals surface area (Å²) in [6.45, 7) is 7.29. The molecule has 2 heteroatoms. The van der Waals surface area contributed by atoms with Crippen LogP contribution in [-0.2, 0) is 0 Å². The molecule has 3 fully saturated rings. The lowest BCUT2D eigenvalue weighted by molar-refractivity contribution is 0.0979. The maximum atomic E-state index is 3.72. The number of fused-ring (bicyclic) bond motifs is 2. The summed E-state index contributed by atoms with van der Waals surface area (Å²) in [6, 6.07) is 2.46. The van der Waals surface area contributed by atoms with E-state index >= 15 is 0 Å². The van der Waals surface area contributed by atoms with Gasteiger partial charge in [0.2, 0.25) is 0 Å². The first-order valence-corrected chi connectivity index (χ1v) is 7.77. The molecule has 0 aromatic carbocycles. The lowest BCUT2D eigenvalue weighted by Crippen LogP contribution is -2.47. The van der Waals surface area contributed by atoms with E-state index < -0.39 is 0 Å². The first kappa shape index (κ1) is 12.0. The highest BCUT2D eigenvalue weighted by molar-refractivity contribution is 4.98. The van der Waals surface area contributed by atoms with Crippen LogP contribution in [0.25, 0.3) is 0 Å². The fourth-order valence-corrected chi connectivity index (χ4v) is 4.51. The zero-order valence-electron chi connectivity index (χ0n) is 11.5. The second kappa shape index (κ2) is 4.89. The van der Waals surface area contributed by atoms with E-state index in [0.29, 0.717) is 0 Å². The summed E-state index contributed by atoms with van der Waals surface area (Å²) in [4.78, 5) is 2.87. The number of hydrogen-bond donors (Lipinski definition) is 1. The van der Waals surface area contributed by atoms with Gasteiger partial charge in [-0.2, -0.15) is 0 Å². The minimum atomic E-state index is 0.735. The minimum Gasteiger partial charge on any atom is -0.313 e. The molecule has 5 atom stereocenters. The van der Waals surface area contributed by atoms with Crippen LogP contribution in [0.15, 0.2) is 0 Å². The number of nitrogens with one attached hydrogen (secondary N) is 1. The summed E-state index contributed by atoms with van der Waals surface area (Å²) in [6.07, 6.45) is 8.71. The third-order valence-electron chi connectivity index (χ3n) is 5.61. The summed E-state index contributed by atoms with van der Waals surface area (Å²) in [5, 5.41) is 3.72. The topological polar surface area (TPSA) is 15.3 Å². The lowest BCUT2D eigenvalue weighted by Gasteiger charge is -2.39. The van der Waals surface area contributed by atoms with Crippen LogP contribution in [-0.4, -0.2) is 36.1 Å². The molecule has 0 aromatic heterocycles. The third-order valence-corrected chi connectivity index (χ3v) is 5.61. The fraction of sp³-hybridized carbons (Fsp3) is 1.00. The molecule has 3 aliphatic rings. The highest BCUT2D eigenvalue weighted by atomic mass is 15.2. The number of nitrogens with zero attached hydrogens (tertiary/aromatic N) is 1. The Bertz CT molecular complexity index is 266. The van der Waals surface area contributed by atoms with Gasteiger partial charge in [0, 0.05) is 24.7 Å². The molecule has 1 heterocycles. The molecule has 5 unspecified atom stereocenters. The van der Waals surface area contributed by atoms with Gasteiger partial charge in [-0.15, -0.1) is 0 Å². The van der Waals surface area contributed by atoms with Gasteiger partial charge in [0.05, 0.1) is 0 Å². The van der Waals surface area contributed by atoms with E-state index in [-0.39, 0.29) is 0 Å². The van der Waals surface area contributed by atoms with Gasteiger partial charge in [-0.25, -0.2) is 0 Å². The maximum Gasteiger partial charge on any atom is 0.0192 e. The van der Waals surface area contributed by atoms with Gasteiger partial charge in [-0.05, 0) is 57.4 Å². The monoisotopic (exact) mass is 236 g/mol. The summed E-state index contributed by atoms with van der Waals surface area (Å²) >= 11 is 0. The Morgan fingerprint density at radius 1 is 1.18 bits per heavy atom. The Hall–Kier alpha value is -0.0800. The van der Waals surface area contributed by atoms with Gasteiger partial charge in [-0.3, -0.25) is 4.90 Å². The van der Waals surface area contributed by atoms with Crippen LogP contribution in [0, 0.1) is 11.8 Å². The van der Waals surface area contributed by atoms with Gasteiger partial charge in [0.1, 0.15) is 0 Å². The van der Waals surface area contributed by atoms with Gasteiger partial charge >= 0.3 is 0 Å². The van der Waals surface area contributed by atoms with Gasteiger partial charge < -0.3 is 5.32 Å². The molecule has 1 saturated heterocycles. The van der Waals surface area contributed by atoms with Crippen molar-refractivity contribution in [2.45, 2.75) is 70.5 Å². The second-order valence-electron chi connectivity index (χ2n) is 6.64. The van der Waals surface area contributed by atoms with Gasteiger partial charge in [0.15, 0.2) is 0 Å². The summed E-state index contributed by atoms with van der Waals surface area (Å²) < 4.78 is 0. The fourth-order valence-electron chi connectivity index (χ4n) is 4.51. The molecule has 2 saturated carbocycles. The van der Waals surface area contributed by atoms with Crippen molar-refractivity contribution < 1.29 is 0 Å². The van der Waals surface area contributed by atoms with Crippen LogP contribution in [0.4, 0.5) is 0 Å². The molecule has 0 amide bonds. The summed E-state index contributed by atoms with van der Waals surface area (Å²) in [5.74, 6) is 2.12. The van der Waals surface area contributed by atoms with Crippen molar-refractivity contribution in [1.29, 1.82) is 0 Å². The Kier molecular flexibility index (Phi) is 3.45. The molecule has 0 spiro atoms. The molecule has 1 aliphatic heterocycles. The normalized spacial score (nSPS) is 47.3. The zero-order valence-corrected chi connectivity index (χ0v) is 11.5. The van der Waals surface area contributed by atoms with E-state index in [1.54, 1.807) is 0 Å². The number of hydrogen-bond acceptors (Lipinski definition) is 2. The molecule has 2 aliphatic carbocycles. The Labute approximate surface area is 106 Å². The van der Waals surface area contributed by atoms with Crippen LogP contribution < -0.4 is 5.32 Å². The van der Waals surface area contributed by atoms with E-state index in [0.717, 1.165) is 30.0 Å². The Balaban J connectivity index is 1.70. The van der Waals surface area contributed by atoms with E-state index in [4.69, 9.17) is 0 Å². The molecule has 0 radical (unpaired) electrons. The van der Waals surface area contributed by atoms with Gasteiger partial charge in [0.25, 0.3) is 0 Å². The minimum absolute atomic E-state index is 0.735. The molecule has 3 rings (SSSR count). The highest BCUT2D eigenvalue weighted by Crippen LogP contribution is 2.47. The zero-order chi connectivity index (χ0) is 11.8. The highest BCUT2D eigenvalue weighted by Gasteiger charge is 2.43. The van der Waals surface area contributed by atoms with Crippen molar-refractivity contribution in [3.63, 3.8) is 0 Å². The molecule has 17 heavy (non-hydrogen) atoms. The summed E-state index contributed by atoms with van der Waals surface area (Å²) in [5.41, 5.74) is 0. The van der Waals surface area contributed by atoms with Crippen LogP contribution in [0.3, 0.4) is 0 Å². The second-order valence-corrected chi connectivity index (χ2v) is 6.64. The maximum absolute atomic E-state index is 3.72. The predicted molar refractivity (Wildman–Crippen MR) is 72.1 cm³/mol. The lowest BCUT2D eigenvalue weighted by atomic mass is 9.92. The Morgan fingerprint density at radius 3 is 2.71 bits per heavy atom. The largest absolute Gasteiger partial charge is 0.313 e. The predicted octanol–water partition coefficient (Wildman–Crippen LogP) is 2.64. The summed E-state index contributed by atoms with van der Waals surface area (Å²) in [7, 11) is 0. The van der Waals surface area contributed by atoms with Crippen molar-refractivity contribution in [2.75, 3.05) is 13.1 Å². The Morgan fingerprint density at radius 2 is 2.06 bits per heavy atom. The first-order valence-electron chi connectivity index (χ1n) is 7.77. The van der Waals surface area contributed by atoms with Crippen molar-refractivity contribution in [2.24, 2.45) is 11.8 Å². The molecular formula is C15H28N2.